The minimum atomic E-state index is 0.200. The molecule has 4 nitrogen and oxygen atoms in total. The second kappa shape index (κ2) is 8.39. The number of hydrogen-bond donors (Lipinski definition) is 2. The van der Waals surface area contributed by atoms with E-state index in [-0.39, 0.29) is 12.6 Å². The van der Waals surface area contributed by atoms with Gasteiger partial charge in [0, 0.05) is 31.0 Å². The highest BCUT2D eigenvalue weighted by Crippen LogP contribution is 2.19. The maximum absolute atomic E-state index is 8.93. The summed E-state index contributed by atoms with van der Waals surface area (Å²) in [6.07, 6.45) is 2.51. The third kappa shape index (κ3) is 5.17. The fourth-order valence-corrected chi connectivity index (χ4v) is 2.01. The van der Waals surface area contributed by atoms with E-state index in [1.807, 2.05) is 42.5 Å². The van der Waals surface area contributed by atoms with Crippen LogP contribution in [0, 0.1) is 0 Å². The first kappa shape index (κ1) is 15.5. The summed E-state index contributed by atoms with van der Waals surface area (Å²) in [5.74, 6) is 0.867. The van der Waals surface area contributed by atoms with Gasteiger partial charge in [0.05, 0.1) is 5.69 Å². The Morgan fingerprint density at radius 1 is 1.19 bits per heavy atom. The van der Waals surface area contributed by atoms with Crippen LogP contribution in [-0.4, -0.2) is 22.7 Å². The van der Waals surface area contributed by atoms with Gasteiger partial charge in [-0.05, 0) is 31.5 Å². The quantitative estimate of drug-likeness (QED) is 0.783. The largest absolute Gasteiger partial charge is 0.487 e. The van der Waals surface area contributed by atoms with Gasteiger partial charge in [0.25, 0.3) is 0 Å². The molecule has 0 saturated heterocycles. The van der Waals surface area contributed by atoms with Crippen molar-refractivity contribution in [2.75, 3.05) is 6.61 Å². The Labute approximate surface area is 125 Å². The molecule has 0 fully saturated rings. The van der Waals surface area contributed by atoms with Gasteiger partial charge >= 0.3 is 0 Å². The van der Waals surface area contributed by atoms with Crippen molar-refractivity contribution in [2.24, 2.45) is 0 Å². The molecule has 112 valence electrons. The molecule has 0 saturated carbocycles. The zero-order valence-corrected chi connectivity index (χ0v) is 12.3. The third-order valence-electron chi connectivity index (χ3n) is 3.28. The molecule has 1 heterocycles. The van der Waals surface area contributed by atoms with Crippen LogP contribution < -0.4 is 10.1 Å². The van der Waals surface area contributed by atoms with E-state index < -0.39 is 0 Å². The molecule has 0 aliphatic heterocycles. The minimum absolute atomic E-state index is 0.200. The summed E-state index contributed by atoms with van der Waals surface area (Å²) in [4.78, 5) is 4.25. The molecule has 0 radical (unpaired) electrons. The Morgan fingerprint density at radius 2 is 2.00 bits per heavy atom. The maximum atomic E-state index is 8.93. The molecule has 1 atom stereocenters. The van der Waals surface area contributed by atoms with Gasteiger partial charge in [-0.25, -0.2) is 0 Å². The first-order valence-electron chi connectivity index (χ1n) is 7.24. The maximum Gasteiger partial charge on any atom is 0.130 e. The molecule has 21 heavy (non-hydrogen) atoms. The van der Waals surface area contributed by atoms with Crippen molar-refractivity contribution in [2.45, 2.75) is 32.5 Å². The van der Waals surface area contributed by atoms with Gasteiger partial charge in [0.2, 0.25) is 0 Å². The summed E-state index contributed by atoms with van der Waals surface area (Å²) >= 11 is 0. The number of pyridine rings is 1. The summed E-state index contributed by atoms with van der Waals surface area (Å²) in [5.41, 5.74) is 2.02. The van der Waals surface area contributed by atoms with Crippen molar-refractivity contribution >= 4 is 0 Å². The van der Waals surface area contributed by atoms with Crippen molar-refractivity contribution in [3.8, 4) is 5.75 Å². The van der Waals surface area contributed by atoms with Crippen molar-refractivity contribution in [1.29, 1.82) is 0 Å². The van der Waals surface area contributed by atoms with E-state index in [1.54, 1.807) is 6.20 Å². The molecule has 2 N–H and O–H groups in total. The molecule has 2 rings (SSSR count). The van der Waals surface area contributed by atoms with Crippen LogP contribution in [0.3, 0.4) is 0 Å². The number of nitrogens with one attached hydrogen (secondary N) is 1. The molecule has 1 aromatic carbocycles. The number of rotatable bonds is 8. The smallest absolute Gasteiger partial charge is 0.130 e. The van der Waals surface area contributed by atoms with E-state index >= 15 is 0 Å². The van der Waals surface area contributed by atoms with Gasteiger partial charge in [-0.3, -0.25) is 4.98 Å². The summed E-state index contributed by atoms with van der Waals surface area (Å²) in [7, 11) is 0. The van der Waals surface area contributed by atoms with Crippen LogP contribution in [0.1, 0.15) is 24.6 Å². The molecule has 0 aliphatic rings. The van der Waals surface area contributed by atoms with E-state index in [9.17, 15) is 0 Å². The van der Waals surface area contributed by atoms with Gasteiger partial charge in [-0.2, -0.15) is 0 Å². The predicted molar refractivity (Wildman–Crippen MR) is 83.0 cm³/mol. The molecular formula is C17H22N2O2. The van der Waals surface area contributed by atoms with Crippen LogP contribution in [0.5, 0.6) is 5.75 Å². The number of benzene rings is 1. The highest BCUT2D eigenvalue weighted by Gasteiger charge is 2.06. The van der Waals surface area contributed by atoms with Crippen molar-refractivity contribution < 1.29 is 9.84 Å². The lowest BCUT2D eigenvalue weighted by Gasteiger charge is -2.15. The molecule has 2 aromatic rings. The number of nitrogens with zero attached hydrogens (tertiary/aromatic N) is 1. The van der Waals surface area contributed by atoms with Crippen LogP contribution >= 0.6 is 0 Å². The van der Waals surface area contributed by atoms with Gasteiger partial charge in [-0.15, -0.1) is 0 Å². The number of hydrogen-bond acceptors (Lipinski definition) is 4. The summed E-state index contributed by atoms with van der Waals surface area (Å²) in [6, 6.07) is 14.1. The van der Waals surface area contributed by atoms with E-state index in [0.717, 1.165) is 30.0 Å². The monoisotopic (exact) mass is 286 g/mol. The number of aliphatic hydroxyl groups excluding tert-OH is 1. The Bertz CT molecular complexity index is 531. The van der Waals surface area contributed by atoms with Crippen molar-refractivity contribution in [1.82, 2.24) is 10.3 Å². The standard InChI is InChI=1S/C17H22N2O2/c1-14(9-11-20)19-12-15-6-2-3-8-17(15)21-13-16-7-4-5-10-18-16/h2-8,10,14,19-20H,9,11-13H2,1H3/t14-/m1/s1. The van der Waals surface area contributed by atoms with Crippen molar-refractivity contribution in [3.05, 3.63) is 59.9 Å². The summed E-state index contributed by atoms with van der Waals surface area (Å²) < 4.78 is 5.86. The fourth-order valence-electron chi connectivity index (χ4n) is 2.01. The molecular weight excluding hydrogens is 264 g/mol. The van der Waals surface area contributed by atoms with Crippen LogP contribution in [-0.2, 0) is 13.2 Å². The third-order valence-corrected chi connectivity index (χ3v) is 3.28. The van der Waals surface area contributed by atoms with E-state index in [1.165, 1.54) is 0 Å². The molecule has 1 aromatic heterocycles. The van der Waals surface area contributed by atoms with E-state index in [4.69, 9.17) is 9.84 Å². The summed E-state index contributed by atoms with van der Waals surface area (Å²) in [5, 5.41) is 12.3. The normalized spacial score (nSPS) is 12.1. The van der Waals surface area contributed by atoms with E-state index in [0.29, 0.717) is 6.61 Å². The van der Waals surface area contributed by atoms with Gasteiger partial charge < -0.3 is 15.2 Å². The fraction of sp³-hybridized carbons (Fsp3) is 0.353. The molecule has 4 heteroatoms. The Hall–Kier alpha value is -1.91. The predicted octanol–water partition coefficient (Wildman–Crippen LogP) is 2.52. The topological polar surface area (TPSA) is 54.4 Å². The van der Waals surface area contributed by atoms with Crippen molar-refractivity contribution in [3.63, 3.8) is 0 Å². The average Bonchev–Trinajstić information content (AvgIpc) is 2.53. The van der Waals surface area contributed by atoms with Crippen LogP contribution in [0.2, 0.25) is 0 Å². The lowest BCUT2D eigenvalue weighted by Crippen LogP contribution is -2.26. The molecule has 0 aliphatic carbocycles. The highest BCUT2D eigenvalue weighted by atomic mass is 16.5. The Balaban J connectivity index is 1.93. The summed E-state index contributed by atoms with van der Waals surface area (Å²) in [6.45, 7) is 3.45. The van der Waals surface area contributed by atoms with Gasteiger partial charge in [-0.1, -0.05) is 24.3 Å². The van der Waals surface area contributed by atoms with Crippen LogP contribution in [0.4, 0.5) is 0 Å². The zero-order chi connectivity index (χ0) is 14.9. The molecule has 0 unspecified atom stereocenters. The number of aromatic nitrogens is 1. The lowest BCUT2D eigenvalue weighted by atomic mass is 10.1. The minimum Gasteiger partial charge on any atom is -0.487 e. The Kier molecular flexibility index (Phi) is 6.19. The van der Waals surface area contributed by atoms with Crippen LogP contribution in [0.25, 0.3) is 0 Å². The average molecular weight is 286 g/mol. The number of ether oxygens (including phenoxy) is 1. The molecule has 0 amide bonds. The first-order valence-corrected chi connectivity index (χ1v) is 7.24. The lowest BCUT2D eigenvalue weighted by molar-refractivity contribution is 0.267. The Morgan fingerprint density at radius 3 is 2.76 bits per heavy atom. The zero-order valence-electron chi connectivity index (χ0n) is 12.3. The van der Waals surface area contributed by atoms with E-state index in [2.05, 4.69) is 17.2 Å². The second-order valence-electron chi connectivity index (χ2n) is 5.01. The number of para-hydroxylation sites is 1. The molecule has 0 spiro atoms. The SMILES string of the molecule is C[C@H](CCO)NCc1ccccc1OCc1ccccn1. The highest BCUT2D eigenvalue weighted by molar-refractivity contribution is 5.33. The molecule has 0 bridgehead atoms. The van der Waals surface area contributed by atoms with Gasteiger partial charge in [0.1, 0.15) is 12.4 Å². The van der Waals surface area contributed by atoms with Gasteiger partial charge in [0.15, 0.2) is 0 Å². The number of aliphatic hydroxyl groups is 1. The second-order valence-corrected chi connectivity index (χ2v) is 5.01. The van der Waals surface area contributed by atoms with Crippen LogP contribution in [0.15, 0.2) is 48.7 Å². The first-order chi connectivity index (χ1) is 10.3.